The van der Waals surface area contributed by atoms with Gasteiger partial charge in [-0.25, -0.2) is 0 Å². The summed E-state index contributed by atoms with van der Waals surface area (Å²) in [4.78, 5) is 12.1. The molecule has 0 aromatic carbocycles. The monoisotopic (exact) mass is 410 g/mol. The van der Waals surface area contributed by atoms with Crippen LogP contribution in [0.1, 0.15) is 135 Å². The molecule has 0 aliphatic heterocycles. The van der Waals surface area contributed by atoms with E-state index in [1.165, 1.54) is 96.3 Å². The zero-order valence-electron chi connectivity index (χ0n) is 19.7. The normalized spacial score (nSPS) is 19.4. The molecule has 0 radical (unpaired) electrons. The first kappa shape index (κ1) is 26.5. The van der Waals surface area contributed by atoms with Crippen molar-refractivity contribution in [1.82, 2.24) is 0 Å². The molecule has 0 bridgehead atoms. The van der Waals surface area contributed by atoms with Crippen molar-refractivity contribution < 1.29 is 14.3 Å². The molecular weight excluding hydrogens is 360 g/mol. The lowest BCUT2D eigenvalue weighted by molar-refractivity contribution is -0.150. The molecule has 0 spiro atoms. The average molecular weight is 411 g/mol. The van der Waals surface area contributed by atoms with Crippen LogP contribution < -0.4 is 0 Å². The van der Waals surface area contributed by atoms with Crippen LogP contribution in [0.4, 0.5) is 0 Å². The lowest BCUT2D eigenvalue weighted by Gasteiger charge is -2.26. The maximum absolute atomic E-state index is 12.1. The van der Waals surface area contributed by atoms with E-state index in [-0.39, 0.29) is 11.9 Å². The highest BCUT2D eigenvalue weighted by Crippen LogP contribution is 2.26. The van der Waals surface area contributed by atoms with E-state index in [4.69, 9.17) is 9.47 Å². The molecule has 1 saturated carbocycles. The van der Waals surface area contributed by atoms with E-state index < -0.39 is 0 Å². The molecule has 1 aliphatic rings. The minimum Gasteiger partial charge on any atom is -0.465 e. The molecule has 29 heavy (non-hydrogen) atoms. The molecule has 0 aromatic rings. The minimum absolute atomic E-state index is 0.0283. The molecule has 0 atom stereocenters. The first-order valence-electron chi connectivity index (χ1n) is 13.0. The van der Waals surface area contributed by atoms with Crippen LogP contribution in [0.2, 0.25) is 0 Å². The van der Waals surface area contributed by atoms with Gasteiger partial charge in [0.05, 0.1) is 18.6 Å². The van der Waals surface area contributed by atoms with E-state index in [2.05, 4.69) is 6.92 Å². The van der Waals surface area contributed by atoms with E-state index in [0.717, 1.165) is 32.1 Å². The quantitative estimate of drug-likeness (QED) is 0.160. The number of methoxy groups -OCH3 is 1. The number of carbonyl (C=O) groups is 1. The minimum atomic E-state index is 0.0283. The molecule has 3 heteroatoms. The number of rotatable bonds is 19. The van der Waals surface area contributed by atoms with Gasteiger partial charge >= 0.3 is 5.97 Å². The van der Waals surface area contributed by atoms with Gasteiger partial charge in [-0.15, -0.1) is 0 Å². The molecule has 0 unspecified atom stereocenters. The molecule has 0 aromatic heterocycles. The third-order valence-electron chi connectivity index (χ3n) is 6.58. The van der Waals surface area contributed by atoms with Crippen LogP contribution >= 0.6 is 0 Å². The van der Waals surface area contributed by atoms with Gasteiger partial charge in [0.1, 0.15) is 0 Å². The smallest absolute Gasteiger partial charge is 0.308 e. The summed E-state index contributed by atoms with van der Waals surface area (Å²) in [5.74, 6) is 0.142. The predicted molar refractivity (Wildman–Crippen MR) is 123 cm³/mol. The highest BCUT2D eigenvalue weighted by molar-refractivity contribution is 5.72. The summed E-state index contributed by atoms with van der Waals surface area (Å²) < 4.78 is 10.9. The van der Waals surface area contributed by atoms with Crippen LogP contribution in [0, 0.1) is 5.92 Å². The predicted octanol–water partition coefficient (Wildman–Crippen LogP) is 8.00. The van der Waals surface area contributed by atoms with Gasteiger partial charge in [0.2, 0.25) is 0 Å². The van der Waals surface area contributed by atoms with Crippen molar-refractivity contribution in [2.75, 3.05) is 13.7 Å². The van der Waals surface area contributed by atoms with Gasteiger partial charge in [-0.2, -0.15) is 0 Å². The molecule has 1 fully saturated rings. The summed E-state index contributed by atoms with van der Waals surface area (Å²) in [5, 5.41) is 0. The first-order chi connectivity index (χ1) is 14.3. The van der Waals surface area contributed by atoms with Crippen LogP contribution in [0.5, 0.6) is 0 Å². The zero-order chi connectivity index (χ0) is 21.0. The molecule has 0 heterocycles. The summed E-state index contributed by atoms with van der Waals surface area (Å²) in [6.07, 6.45) is 26.1. The van der Waals surface area contributed by atoms with Crippen molar-refractivity contribution >= 4 is 5.97 Å². The van der Waals surface area contributed by atoms with E-state index in [0.29, 0.717) is 12.7 Å². The second kappa shape index (κ2) is 19.4. The van der Waals surface area contributed by atoms with Crippen molar-refractivity contribution in [2.24, 2.45) is 5.92 Å². The Morgan fingerprint density at radius 3 is 1.48 bits per heavy atom. The highest BCUT2D eigenvalue weighted by Gasteiger charge is 2.27. The Kier molecular flexibility index (Phi) is 17.7. The summed E-state index contributed by atoms with van der Waals surface area (Å²) in [6.45, 7) is 2.90. The standard InChI is InChI=1S/C26H50O3/c1-3-4-5-6-7-8-9-10-11-12-13-14-15-16-17-18-23-29-26(27)24-19-21-25(28-2)22-20-24/h24-25H,3-23H2,1-2H3. The van der Waals surface area contributed by atoms with Crippen LogP contribution in [-0.2, 0) is 14.3 Å². The largest absolute Gasteiger partial charge is 0.465 e. The Hall–Kier alpha value is -0.570. The fourth-order valence-electron chi connectivity index (χ4n) is 4.48. The van der Waals surface area contributed by atoms with E-state index in [1.807, 2.05) is 0 Å². The average Bonchev–Trinajstić information content (AvgIpc) is 2.75. The number of hydrogen-bond donors (Lipinski definition) is 0. The van der Waals surface area contributed by atoms with E-state index >= 15 is 0 Å². The molecular formula is C26H50O3. The second-order valence-electron chi connectivity index (χ2n) is 9.18. The second-order valence-corrected chi connectivity index (χ2v) is 9.18. The third-order valence-corrected chi connectivity index (χ3v) is 6.58. The van der Waals surface area contributed by atoms with Crippen molar-refractivity contribution in [1.29, 1.82) is 0 Å². The zero-order valence-corrected chi connectivity index (χ0v) is 19.7. The van der Waals surface area contributed by atoms with Crippen molar-refractivity contribution in [3.05, 3.63) is 0 Å². The molecule has 0 N–H and O–H groups in total. The summed E-state index contributed by atoms with van der Waals surface area (Å²) >= 11 is 0. The fourth-order valence-corrected chi connectivity index (χ4v) is 4.48. The lowest BCUT2D eigenvalue weighted by atomic mass is 9.87. The highest BCUT2D eigenvalue weighted by atomic mass is 16.5. The molecule has 3 nitrogen and oxygen atoms in total. The van der Waals surface area contributed by atoms with Crippen LogP contribution in [0.25, 0.3) is 0 Å². The third kappa shape index (κ3) is 15.0. The Labute approximate surface area is 181 Å². The van der Waals surface area contributed by atoms with Crippen molar-refractivity contribution in [3.8, 4) is 0 Å². The Balaban J connectivity index is 1.75. The first-order valence-corrected chi connectivity index (χ1v) is 13.0. The molecule has 0 saturated heterocycles. The van der Waals surface area contributed by atoms with E-state index in [1.54, 1.807) is 7.11 Å². The summed E-state index contributed by atoms with van der Waals surface area (Å²) in [6, 6.07) is 0. The van der Waals surface area contributed by atoms with Gasteiger partial charge in [0, 0.05) is 7.11 Å². The summed E-state index contributed by atoms with van der Waals surface area (Å²) in [7, 11) is 1.76. The van der Waals surface area contributed by atoms with Gasteiger partial charge in [-0.3, -0.25) is 4.79 Å². The van der Waals surface area contributed by atoms with Gasteiger partial charge < -0.3 is 9.47 Å². The van der Waals surface area contributed by atoms with E-state index in [9.17, 15) is 4.79 Å². The maximum atomic E-state index is 12.1. The summed E-state index contributed by atoms with van der Waals surface area (Å²) in [5.41, 5.74) is 0. The van der Waals surface area contributed by atoms with Crippen LogP contribution in [0.3, 0.4) is 0 Å². The maximum Gasteiger partial charge on any atom is 0.308 e. The Morgan fingerprint density at radius 2 is 1.07 bits per heavy atom. The lowest BCUT2D eigenvalue weighted by Crippen LogP contribution is -2.27. The van der Waals surface area contributed by atoms with Crippen LogP contribution in [-0.4, -0.2) is 25.8 Å². The number of ether oxygens (including phenoxy) is 2. The topological polar surface area (TPSA) is 35.5 Å². The van der Waals surface area contributed by atoms with Crippen molar-refractivity contribution in [3.63, 3.8) is 0 Å². The molecule has 1 rings (SSSR count). The van der Waals surface area contributed by atoms with Gasteiger partial charge in [-0.1, -0.05) is 103 Å². The fraction of sp³-hybridized carbons (Fsp3) is 0.962. The molecule has 0 amide bonds. The Bertz CT molecular complexity index is 361. The van der Waals surface area contributed by atoms with Crippen LogP contribution in [0.15, 0.2) is 0 Å². The number of hydrogen-bond acceptors (Lipinski definition) is 3. The van der Waals surface area contributed by atoms with Gasteiger partial charge in [0.15, 0.2) is 0 Å². The molecule has 1 aliphatic carbocycles. The number of carbonyl (C=O) groups excluding carboxylic acids is 1. The number of unbranched alkanes of at least 4 members (excludes halogenated alkanes) is 15. The Morgan fingerprint density at radius 1 is 0.655 bits per heavy atom. The molecule has 172 valence electrons. The van der Waals surface area contributed by atoms with Gasteiger partial charge in [0.25, 0.3) is 0 Å². The number of esters is 1. The SMILES string of the molecule is CCCCCCCCCCCCCCCCCCOC(=O)C1CCC(OC)CC1. The van der Waals surface area contributed by atoms with Crippen molar-refractivity contribution in [2.45, 2.75) is 141 Å². The van der Waals surface area contributed by atoms with Gasteiger partial charge in [-0.05, 0) is 32.1 Å².